The number of imidazole rings is 1. The summed E-state index contributed by atoms with van der Waals surface area (Å²) in [6.07, 6.45) is 7.80. The van der Waals surface area contributed by atoms with Gasteiger partial charge in [-0.2, -0.15) is 0 Å². The number of anilines is 3. The topological polar surface area (TPSA) is 122 Å². The number of carbonyl (C=O) groups excluding carboxylic acids is 3. The standard InChI is InChI=1S/C23H31N5O3.C21H26N2O3.C6H5Cl/c1-25-20-15-17(27-13-11-26(12-14-27)16-5-3-2-4-6-16)7-8-18(20)28(23(25)31)19-9-10-21(29)24-22(19)30;1-14(2)26-20-11-16-13-23(18-8-6-17(7-9-18)22(3)4)21(24)12-15(16)10-19(20)25-5;7-6-4-2-1-3-5-6/h7-8,15-16,19H,2-6,9-14H2,1H3,(H,24,29,30);6-11,14H,12-13H2,1-5H3;1-5H. The van der Waals surface area contributed by atoms with Gasteiger partial charge >= 0.3 is 5.69 Å². The van der Waals surface area contributed by atoms with E-state index in [2.05, 4.69) is 27.2 Å². The molecular formula is C50H62ClN7O6. The predicted molar refractivity (Wildman–Crippen MR) is 255 cm³/mol. The fourth-order valence-corrected chi connectivity index (χ4v) is 9.27. The van der Waals surface area contributed by atoms with Crippen LogP contribution in [0.2, 0.25) is 5.02 Å². The highest BCUT2D eigenvalue weighted by Crippen LogP contribution is 2.36. The molecule has 4 aromatic carbocycles. The molecule has 4 heterocycles. The van der Waals surface area contributed by atoms with Gasteiger partial charge in [0.1, 0.15) is 6.04 Å². The van der Waals surface area contributed by atoms with Gasteiger partial charge in [0.05, 0.1) is 37.2 Å². The van der Waals surface area contributed by atoms with Crippen molar-refractivity contribution >= 4 is 57.4 Å². The molecule has 1 saturated carbocycles. The Morgan fingerprint density at radius 1 is 0.766 bits per heavy atom. The van der Waals surface area contributed by atoms with Crippen LogP contribution < -0.4 is 35.2 Å². The van der Waals surface area contributed by atoms with Crippen LogP contribution in [-0.4, -0.2) is 91.3 Å². The number of rotatable bonds is 8. The monoisotopic (exact) mass is 891 g/mol. The Morgan fingerprint density at radius 2 is 1.44 bits per heavy atom. The summed E-state index contributed by atoms with van der Waals surface area (Å²) in [4.78, 5) is 58.4. The maximum Gasteiger partial charge on any atom is 0.329 e. The van der Waals surface area contributed by atoms with E-state index in [4.69, 9.17) is 21.1 Å². The molecule has 4 aliphatic rings. The van der Waals surface area contributed by atoms with E-state index in [1.807, 2.05) is 111 Å². The van der Waals surface area contributed by atoms with E-state index in [1.54, 1.807) is 23.3 Å². The van der Waals surface area contributed by atoms with Crippen LogP contribution >= 0.6 is 11.6 Å². The van der Waals surface area contributed by atoms with Gasteiger partial charge < -0.3 is 24.2 Å². The van der Waals surface area contributed by atoms with Crippen molar-refractivity contribution in [3.05, 3.63) is 112 Å². The first-order valence-corrected chi connectivity index (χ1v) is 22.9. The van der Waals surface area contributed by atoms with Crippen LogP contribution in [0.4, 0.5) is 17.1 Å². The van der Waals surface area contributed by atoms with E-state index in [0.717, 1.165) is 82.2 Å². The van der Waals surface area contributed by atoms with Gasteiger partial charge in [-0.3, -0.25) is 33.7 Å². The average Bonchev–Trinajstić information content (AvgIpc) is 3.54. The number of methoxy groups -OCH3 is 1. The van der Waals surface area contributed by atoms with E-state index in [0.29, 0.717) is 25.1 Å². The summed E-state index contributed by atoms with van der Waals surface area (Å²) < 4.78 is 14.5. The molecule has 0 spiro atoms. The number of carbonyl (C=O) groups is 3. The molecule has 0 bridgehead atoms. The number of halogens is 1. The van der Waals surface area contributed by atoms with Crippen molar-refractivity contribution in [2.24, 2.45) is 7.05 Å². The lowest BCUT2D eigenvalue weighted by Gasteiger charge is -2.41. The molecule has 64 heavy (non-hydrogen) atoms. The van der Waals surface area contributed by atoms with Crippen LogP contribution in [0.25, 0.3) is 11.0 Å². The number of piperidine rings is 1. The number of nitrogens with zero attached hydrogens (tertiary/aromatic N) is 6. The third kappa shape index (κ3) is 10.8. The Morgan fingerprint density at radius 3 is 2.05 bits per heavy atom. The second-order valence-corrected chi connectivity index (χ2v) is 17.9. The van der Waals surface area contributed by atoms with Gasteiger partial charge in [0.25, 0.3) is 0 Å². The van der Waals surface area contributed by atoms with E-state index < -0.39 is 11.9 Å². The minimum Gasteiger partial charge on any atom is -0.493 e. The Kier molecular flexibility index (Phi) is 15.0. The fraction of sp³-hybridized carbons (Fsp3) is 0.440. The van der Waals surface area contributed by atoms with Crippen LogP contribution in [0.1, 0.15) is 76.0 Å². The number of piperazine rings is 1. The van der Waals surface area contributed by atoms with Crippen LogP contribution in [0.15, 0.2) is 89.7 Å². The highest BCUT2D eigenvalue weighted by atomic mass is 35.5. The molecule has 13 nitrogen and oxygen atoms in total. The molecular weight excluding hydrogens is 830 g/mol. The van der Waals surface area contributed by atoms with E-state index in [9.17, 15) is 19.2 Å². The number of amides is 3. The van der Waals surface area contributed by atoms with Gasteiger partial charge in [0, 0.05) is 81.9 Å². The smallest absolute Gasteiger partial charge is 0.329 e. The molecule has 340 valence electrons. The van der Waals surface area contributed by atoms with Gasteiger partial charge in [0.15, 0.2) is 11.5 Å². The number of imide groups is 1. The number of fused-ring (bicyclic) bond motifs is 2. The van der Waals surface area contributed by atoms with Crippen LogP contribution in [0.5, 0.6) is 11.5 Å². The summed E-state index contributed by atoms with van der Waals surface area (Å²) >= 11 is 5.54. The average molecular weight is 893 g/mol. The molecule has 3 aliphatic heterocycles. The lowest BCUT2D eigenvalue weighted by atomic mass is 9.94. The number of nitrogens with one attached hydrogen (secondary N) is 1. The summed E-state index contributed by atoms with van der Waals surface area (Å²) in [6.45, 7) is 8.65. The number of aryl methyl sites for hydroxylation is 1. The quantitative estimate of drug-likeness (QED) is 0.156. The van der Waals surface area contributed by atoms with Crippen molar-refractivity contribution in [1.29, 1.82) is 0 Å². The zero-order chi connectivity index (χ0) is 45.5. The van der Waals surface area contributed by atoms with Crippen molar-refractivity contribution in [3.63, 3.8) is 0 Å². The SMILES string of the molecule is COc1cc2c(cc1OC(C)C)CN(c1ccc(N(C)C)cc1)C(=O)C2.Clc1ccccc1.Cn1c(=O)n(C2CCC(=O)NC2=O)c2ccc(N3CCN(C4CCCCC4)CC3)cc21. The summed E-state index contributed by atoms with van der Waals surface area (Å²) in [6, 6.07) is 27.6. The molecule has 1 aromatic heterocycles. The molecule has 14 heteroatoms. The van der Waals surface area contributed by atoms with Gasteiger partial charge in [-0.25, -0.2) is 4.79 Å². The lowest BCUT2D eigenvalue weighted by molar-refractivity contribution is -0.135. The summed E-state index contributed by atoms with van der Waals surface area (Å²) in [7, 11) is 7.37. The molecule has 1 atom stereocenters. The maximum atomic E-state index is 13.0. The van der Waals surface area contributed by atoms with E-state index in [1.165, 1.54) is 32.1 Å². The zero-order valence-electron chi connectivity index (χ0n) is 38.0. The first-order valence-electron chi connectivity index (χ1n) is 22.5. The molecule has 3 fully saturated rings. The minimum atomic E-state index is -0.640. The first-order chi connectivity index (χ1) is 30.8. The molecule has 5 aromatic rings. The number of hydrogen-bond donors (Lipinski definition) is 1. The Hall–Kier alpha value is -5.79. The lowest BCUT2D eigenvalue weighted by Crippen LogP contribution is -2.50. The van der Waals surface area contributed by atoms with Crippen LogP contribution in [0.3, 0.4) is 0 Å². The molecule has 0 radical (unpaired) electrons. The minimum absolute atomic E-state index is 0.0573. The molecule has 1 aliphatic carbocycles. The summed E-state index contributed by atoms with van der Waals surface area (Å²) in [5.74, 6) is 0.820. The van der Waals surface area contributed by atoms with Crippen molar-refractivity contribution in [1.82, 2.24) is 19.4 Å². The van der Waals surface area contributed by atoms with Gasteiger partial charge in [-0.1, -0.05) is 49.1 Å². The van der Waals surface area contributed by atoms with Gasteiger partial charge in [0.2, 0.25) is 17.7 Å². The Bertz CT molecular complexity index is 2470. The third-order valence-electron chi connectivity index (χ3n) is 12.6. The van der Waals surface area contributed by atoms with Crippen LogP contribution in [0, 0.1) is 0 Å². The number of benzene rings is 4. The largest absolute Gasteiger partial charge is 0.493 e. The van der Waals surface area contributed by atoms with E-state index in [-0.39, 0.29) is 30.0 Å². The molecule has 1 unspecified atom stereocenters. The highest BCUT2D eigenvalue weighted by Gasteiger charge is 2.32. The second-order valence-electron chi connectivity index (χ2n) is 17.5. The van der Waals surface area contributed by atoms with Crippen LogP contribution in [-0.2, 0) is 34.4 Å². The normalized spacial score (nSPS) is 18.1. The van der Waals surface area contributed by atoms with Crippen molar-refractivity contribution in [3.8, 4) is 11.5 Å². The number of hydrogen-bond acceptors (Lipinski definition) is 9. The van der Waals surface area contributed by atoms with Crippen molar-refractivity contribution < 1.29 is 23.9 Å². The molecule has 3 amide bonds. The summed E-state index contributed by atoms with van der Waals surface area (Å²) in [5.41, 5.74) is 6.58. The second kappa shape index (κ2) is 20.8. The number of ether oxygens (including phenoxy) is 2. The van der Waals surface area contributed by atoms with E-state index >= 15 is 0 Å². The molecule has 9 rings (SSSR count). The highest BCUT2D eigenvalue weighted by molar-refractivity contribution is 6.30. The molecule has 1 N–H and O–H groups in total. The van der Waals surface area contributed by atoms with Gasteiger partial charge in [-0.05, 0) is 111 Å². The predicted octanol–water partition coefficient (Wildman–Crippen LogP) is 7.75. The Balaban J connectivity index is 0.000000168. The zero-order valence-corrected chi connectivity index (χ0v) is 38.8. The first kappa shape index (κ1) is 46.2. The third-order valence-corrected chi connectivity index (χ3v) is 12.8. The number of aromatic nitrogens is 2. The van der Waals surface area contributed by atoms with Crippen molar-refractivity contribution in [2.45, 2.75) is 89.9 Å². The molecule has 2 saturated heterocycles. The van der Waals surface area contributed by atoms with Gasteiger partial charge in [-0.15, -0.1) is 0 Å². The van der Waals surface area contributed by atoms with Crippen molar-refractivity contribution in [2.75, 3.05) is 62.1 Å². The fourth-order valence-electron chi connectivity index (χ4n) is 9.13. The maximum absolute atomic E-state index is 13.0. The Labute approximate surface area is 381 Å². The summed E-state index contributed by atoms with van der Waals surface area (Å²) in [5, 5.41) is 3.16.